The Morgan fingerprint density at radius 3 is 2.87 bits per heavy atom. The zero-order valence-electron chi connectivity index (χ0n) is 8.57. The van der Waals surface area contributed by atoms with E-state index >= 15 is 0 Å². The van der Waals surface area contributed by atoms with E-state index in [1.54, 1.807) is 12.4 Å². The van der Waals surface area contributed by atoms with E-state index in [9.17, 15) is 0 Å². The van der Waals surface area contributed by atoms with Gasteiger partial charge >= 0.3 is 0 Å². The van der Waals surface area contributed by atoms with Gasteiger partial charge in [-0.2, -0.15) is 5.26 Å². The van der Waals surface area contributed by atoms with Gasteiger partial charge in [0.05, 0.1) is 34.5 Å². The molecular weight excluding hydrogens is 256 g/mol. The van der Waals surface area contributed by atoms with Crippen molar-refractivity contribution in [3.8, 4) is 6.07 Å². The maximum atomic E-state index is 8.56. The number of nitriles is 1. The molecule has 0 saturated heterocycles. The molecule has 5 heteroatoms. The number of rotatable bonds is 4. The number of anilines is 2. The lowest BCUT2D eigenvalue weighted by atomic mass is 10.3. The molecule has 0 aromatic carbocycles. The second-order valence-corrected chi connectivity index (χ2v) is 3.90. The van der Waals surface area contributed by atoms with Gasteiger partial charge in [0.25, 0.3) is 0 Å². The molecule has 1 aromatic rings. The van der Waals surface area contributed by atoms with Gasteiger partial charge in [-0.05, 0) is 22.9 Å². The number of nitrogens with zero attached hydrogens (tertiary/aromatic N) is 3. The maximum Gasteiger partial charge on any atom is 0.0776 e. The highest BCUT2D eigenvalue weighted by Crippen LogP contribution is 2.30. The van der Waals surface area contributed by atoms with Crippen molar-refractivity contribution in [1.82, 2.24) is 4.98 Å². The lowest BCUT2D eigenvalue weighted by molar-refractivity contribution is 0.825. The van der Waals surface area contributed by atoms with Crippen LogP contribution in [0.25, 0.3) is 0 Å². The third kappa shape index (κ3) is 2.83. The fourth-order valence-corrected chi connectivity index (χ4v) is 1.99. The quantitative estimate of drug-likeness (QED) is 0.909. The molecule has 1 aromatic heterocycles. The molecule has 0 radical (unpaired) electrons. The Morgan fingerprint density at radius 1 is 1.60 bits per heavy atom. The van der Waals surface area contributed by atoms with Crippen molar-refractivity contribution in [1.29, 1.82) is 5.26 Å². The molecule has 0 atom stereocenters. The van der Waals surface area contributed by atoms with Crippen molar-refractivity contribution in [2.75, 3.05) is 23.7 Å². The van der Waals surface area contributed by atoms with Gasteiger partial charge in [-0.25, -0.2) is 0 Å². The average molecular weight is 269 g/mol. The average Bonchev–Trinajstić information content (AvgIpc) is 2.22. The third-order valence-electron chi connectivity index (χ3n) is 2.09. The number of nitrogens with two attached hydrogens (primary N) is 1. The summed E-state index contributed by atoms with van der Waals surface area (Å²) in [6.07, 6.45) is 3.82. The van der Waals surface area contributed by atoms with E-state index in [0.29, 0.717) is 18.7 Å². The summed E-state index contributed by atoms with van der Waals surface area (Å²) >= 11 is 3.41. The lowest BCUT2D eigenvalue weighted by Gasteiger charge is -2.24. The van der Waals surface area contributed by atoms with Crippen LogP contribution < -0.4 is 10.6 Å². The smallest absolute Gasteiger partial charge is 0.0776 e. The van der Waals surface area contributed by atoms with Crippen molar-refractivity contribution in [2.45, 2.75) is 13.3 Å². The number of hydrogen-bond acceptors (Lipinski definition) is 4. The fraction of sp³-hybridized carbons (Fsp3) is 0.400. The van der Waals surface area contributed by atoms with E-state index in [2.05, 4.69) is 31.9 Å². The molecule has 0 fully saturated rings. The Balaban J connectivity index is 2.96. The van der Waals surface area contributed by atoms with Crippen LogP contribution in [0.1, 0.15) is 13.3 Å². The molecule has 0 saturated carbocycles. The van der Waals surface area contributed by atoms with Gasteiger partial charge < -0.3 is 10.6 Å². The summed E-state index contributed by atoms with van der Waals surface area (Å²) in [5, 5.41) is 8.56. The molecule has 0 aliphatic heterocycles. The van der Waals surface area contributed by atoms with Crippen LogP contribution in [0.5, 0.6) is 0 Å². The zero-order valence-corrected chi connectivity index (χ0v) is 10.2. The van der Waals surface area contributed by atoms with Crippen LogP contribution in [0, 0.1) is 11.3 Å². The van der Waals surface area contributed by atoms with Gasteiger partial charge in [0.2, 0.25) is 0 Å². The molecule has 1 heterocycles. The van der Waals surface area contributed by atoms with Crippen molar-refractivity contribution >= 4 is 27.3 Å². The Kier molecular flexibility index (Phi) is 4.37. The fourth-order valence-electron chi connectivity index (χ4n) is 1.39. The van der Waals surface area contributed by atoms with Gasteiger partial charge in [0.1, 0.15) is 0 Å². The molecule has 0 unspecified atom stereocenters. The molecule has 2 N–H and O–H groups in total. The molecule has 0 bridgehead atoms. The predicted molar refractivity (Wildman–Crippen MR) is 64.5 cm³/mol. The van der Waals surface area contributed by atoms with Gasteiger partial charge in [-0.1, -0.05) is 0 Å². The van der Waals surface area contributed by atoms with E-state index in [1.807, 2.05) is 6.92 Å². The Morgan fingerprint density at radius 2 is 2.33 bits per heavy atom. The van der Waals surface area contributed by atoms with Crippen LogP contribution in [0.15, 0.2) is 16.9 Å². The topological polar surface area (TPSA) is 65.9 Å². The number of aromatic nitrogens is 1. The summed E-state index contributed by atoms with van der Waals surface area (Å²) in [4.78, 5) is 6.04. The number of pyridine rings is 1. The van der Waals surface area contributed by atoms with Crippen LogP contribution in [-0.2, 0) is 0 Å². The van der Waals surface area contributed by atoms with Crippen molar-refractivity contribution in [2.24, 2.45) is 0 Å². The Hall–Kier alpha value is -1.28. The van der Waals surface area contributed by atoms with Gasteiger partial charge in [-0.3, -0.25) is 4.98 Å². The monoisotopic (exact) mass is 268 g/mol. The Bertz CT molecular complexity index is 352. The number of hydrogen-bond donors (Lipinski definition) is 1. The van der Waals surface area contributed by atoms with Crippen LogP contribution in [-0.4, -0.2) is 18.1 Å². The molecule has 0 amide bonds. The zero-order chi connectivity index (χ0) is 11.3. The summed E-state index contributed by atoms with van der Waals surface area (Å²) in [5.74, 6) is 0. The molecule has 0 aliphatic carbocycles. The SMILES string of the molecule is CCN(CCC#N)c1c(N)cncc1Br. The predicted octanol–water partition coefficient (Wildman–Crippen LogP) is 2.17. The molecule has 0 spiro atoms. The molecule has 4 nitrogen and oxygen atoms in total. The van der Waals surface area contributed by atoms with E-state index in [-0.39, 0.29) is 0 Å². The number of halogens is 1. The van der Waals surface area contributed by atoms with Crippen molar-refractivity contribution < 1.29 is 0 Å². The largest absolute Gasteiger partial charge is 0.396 e. The minimum absolute atomic E-state index is 0.488. The molecular formula is C10H13BrN4. The summed E-state index contributed by atoms with van der Waals surface area (Å²) in [7, 11) is 0. The van der Waals surface area contributed by atoms with Crippen LogP contribution in [0.3, 0.4) is 0 Å². The van der Waals surface area contributed by atoms with Crippen molar-refractivity contribution in [3.63, 3.8) is 0 Å². The summed E-state index contributed by atoms with van der Waals surface area (Å²) in [6, 6.07) is 2.13. The van der Waals surface area contributed by atoms with E-state index in [1.165, 1.54) is 0 Å². The maximum absolute atomic E-state index is 8.56. The number of nitrogen functional groups attached to an aromatic ring is 1. The molecule has 0 aliphatic rings. The first kappa shape index (κ1) is 11.8. The second-order valence-electron chi connectivity index (χ2n) is 3.05. The molecule has 1 rings (SSSR count). The first-order chi connectivity index (χ1) is 7.20. The standard InChI is InChI=1S/C10H13BrN4/c1-2-15(5-3-4-12)10-8(11)6-14-7-9(10)13/h6-7H,2-3,5,13H2,1H3. The molecule has 80 valence electrons. The molecule has 15 heavy (non-hydrogen) atoms. The van der Waals surface area contributed by atoms with Crippen LogP contribution in [0.4, 0.5) is 11.4 Å². The highest BCUT2D eigenvalue weighted by atomic mass is 79.9. The normalized spacial score (nSPS) is 9.67. The van der Waals surface area contributed by atoms with Gasteiger partial charge in [0.15, 0.2) is 0 Å². The van der Waals surface area contributed by atoms with E-state index < -0.39 is 0 Å². The van der Waals surface area contributed by atoms with Crippen LogP contribution in [0.2, 0.25) is 0 Å². The minimum atomic E-state index is 0.488. The Labute approximate surface area is 97.8 Å². The van der Waals surface area contributed by atoms with E-state index in [0.717, 1.165) is 16.7 Å². The van der Waals surface area contributed by atoms with Crippen molar-refractivity contribution in [3.05, 3.63) is 16.9 Å². The highest BCUT2D eigenvalue weighted by molar-refractivity contribution is 9.10. The first-order valence-corrected chi connectivity index (χ1v) is 5.50. The first-order valence-electron chi connectivity index (χ1n) is 4.71. The third-order valence-corrected chi connectivity index (χ3v) is 2.67. The lowest BCUT2D eigenvalue weighted by Crippen LogP contribution is -2.25. The van der Waals surface area contributed by atoms with Crippen LogP contribution >= 0.6 is 15.9 Å². The summed E-state index contributed by atoms with van der Waals surface area (Å²) in [5.41, 5.74) is 7.40. The van der Waals surface area contributed by atoms with Gasteiger partial charge in [-0.15, -0.1) is 0 Å². The second kappa shape index (κ2) is 5.56. The summed E-state index contributed by atoms with van der Waals surface area (Å²) < 4.78 is 0.863. The summed E-state index contributed by atoms with van der Waals surface area (Å²) in [6.45, 7) is 3.53. The minimum Gasteiger partial charge on any atom is -0.396 e. The highest BCUT2D eigenvalue weighted by Gasteiger charge is 2.11. The van der Waals surface area contributed by atoms with Gasteiger partial charge in [0, 0.05) is 19.3 Å². The van der Waals surface area contributed by atoms with E-state index in [4.69, 9.17) is 11.0 Å².